The van der Waals surface area contributed by atoms with Crippen LogP contribution in [-0.2, 0) is 4.74 Å². The summed E-state index contributed by atoms with van der Waals surface area (Å²) >= 11 is 0. The van der Waals surface area contributed by atoms with Gasteiger partial charge in [0, 0.05) is 6.42 Å². The highest BCUT2D eigenvalue weighted by atomic mass is 16.7. The van der Waals surface area contributed by atoms with Crippen LogP contribution >= 0.6 is 0 Å². The molecule has 5 N–H and O–H groups in total. The molecule has 0 radical (unpaired) electrons. The summed E-state index contributed by atoms with van der Waals surface area (Å²) in [5.41, 5.74) is 5.38. The molecule has 1 aliphatic rings. The minimum Gasteiger partial charge on any atom is -0.449 e. The van der Waals surface area contributed by atoms with Gasteiger partial charge in [0.05, 0.1) is 18.2 Å². The fraction of sp³-hybridized carbons (Fsp3) is 0.571. The number of hydrogen-bond acceptors (Lipinski definition) is 5. The van der Waals surface area contributed by atoms with Crippen LogP contribution < -0.4 is 5.73 Å². The minimum absolute atomic E-state index is 0.0405. The smallest absolute Gasteiger partial charge is 0.449 e. The summed E-state index contributed by atoms with van der Waals surface area (Å²) in [4.78, 5) is 10.1. The van der Waals surface area contributed by atoms with Crippen molar-refractivity contribution >= 4 is 6.16 Å². The van der Waals surface area contributed by atoms with Crippen molar-refractivity contribution in [2.24, 2.45) is 5.73 Å². The van der Waals surface area contributed by atoms with E-state index in [1.165, 1.54) is 6.08 Å². The molecule has 0 amide bonds. The molecule has 1 rings (SSSR count). The highest BCUT2D eigenvalue weighted by Crippen LogP contribution is 2.19. The number of rotatable bonds is 1. The van der Waals surface area contributed by atoms with Crippen LogP contribution in [0.5, 0.6) is 0 Å². The molecular formula is C7H11NO5. The fourth-order valence-electron chi connectivity index (χ4n) is 1.15. The largest absolute Gasteiger partial charge is 0.511 e. The summed E-state index contributed by atoms with van der Waals surface area (Å²) in [5.74, 6) is 0.0674. The summed E-state index contributed by atoms with van der Waals surface area (Å²) < 4.78 is 4.31. The zero-order valence-corrected chi connectivity index (χ0v) is 6.75. The van der Waals surface area contributed by atoms with Gasteiger partial charge in [0.15, 0.2) is 0 Å². The van der Waals surface area contributed by atoms with Crippen LogP contribution in [0.1, 0.15) is 6.42 Å². The van der Waals surface area contributed by atoms with Crippen molar-refractivity contribution in [1.29, 1.82) is 0 Å². The van der Waals surface area contributed by atoms with E-state index in [1.54, 1.807) is 0 Å². The van der Waals surface area contributed by atoms with Crippen molar-refractivity contribution in [2.45, 2.75) is 24.7 Å². The van der Waals surface area contributed by atoms with Gasteiger partial charge in [-0.25, -0.2) is 4.79 Å². The summed E-state index contributed by atoms with van der Waals surface area (Å²) in [6.07, 6.45) is -2.36. The molecule has 6 heteroatoms. The second-order valence-corrected chi connectivity index (χ2v) is 2.84. The van der Waals surface area contributed by atoms with E-state index < -0.39 is 24.4 Å². The van der Waals surface area contributed by atoms with Gasteiger partial charge in [-0.2, -0.15) is 0 Å². The third kappa shape index (κ3) is 2.41. The maximum absolute atomic E-state index is 10.1. The van der Waals surface area contributed by atoms with Gasteiger partial charge in [-0.15, -0.1) is 0 Å². The van der Waals surface area contributed by atoms with Crippen LogP contribution in [0.3, 0.4) is 0 Å². The molecule has 1 aliphatic carbocycles. The Labute approximate surface area is 74.2 Å². The number of aliphatic hydroxyl groups excluding tert-OH is 2. The Hall–Kier alpha value is -1.11. The Morgan fingerprint density at radius 2 is 2.23 bits per heavy atom. The Bertz CT molecular complexity index is 239. The zero-order valence-electron chi connectivity index (χ0n) is 6.75. The lowest BCUT2D eigenvalue weighted by atomic mass is 9.96. The van der Waals surface area contributed by atoms with Gasteiger partial charge in [-0.3, -0.25) is 0 Å². The minimum atomic E-state index is -1.46. The van der Waals surface area contributed by atoms with Crippen LogP contribution in [0.4, 0.5) is 4.79 Å². The van der Waals surface area contributed by atoms with Crippen molar-refractivity contribution in [1.82, 2.24) is 0 Å². The third-order valence-electron chi connectivity index (χ3n) is 1.80. The summed E-state index contributed by atoms with van der Waals surface area (Å²) in [7, 11) is 0. The molecule has 74 valence electrons. The predicted octanol–water partition coefficient (Wildman–Crippen LogP) is -0.982. The summed E-state index contributed by atoms with van der Waals surface area (Å²) in [5, 5.41) is 26.6. The zero-order chi connectivity index (χ0) is 10.0. The standard InChI is InChI=1S/C7H11NO5/c8-4-1-3(13-7(11)12)2-5(9)6(4)10/h1,4-6,9-10H,2,8H2,(H,11,12). The molecule has 0 spiro atoms. The molecule has 0 bridgehead atoms. The van der Waals surface area contributed by atoms with E-state index in [0.29, 0.717) is 0 Å². The number of ether oxygens (including phenoxy) is 1. The van der Waals surface area contributed by atoms with E-state index in [2.05, 4.69) is 4.74 Å². The number of carbonyl (C=O) groups is 1. The van der Waals surface area contributed by atoms with E-state index in [0.717, 1.165) is 0 Å². The van der Waals surface area contributed by atoms with Gasteiger partial charge >= 0.3 is 6.16 Å². The van der Waals surface area contributed by atoms with E-state index >= 15 is 0 Å². The molecule has 0 aromatic heterocycles. The van der Waals surface area contributed by atoms with Crippen LogP contribution in [0.25, 0.3) is 0 Å². The lowest BCUT2D eigenvalue weighted by Gasteiger charge is -2.27. The van der Waals surface area contributed by atoms with Crippen LogP contribution in [0.15, 0.2) is 11.8 Å². The molecule has 0 saturated carbocycles. The predicted molar refractivity (Wildman–Crippen MR) is 41.8 cm³/mol. The van der Waals surface area contributed by atoms with Crippen LogP contribution in [-0.4, -0.2) is 39.7 Å². The molecule has 0 heterocycles. The number of carboxylic acid groups (broad SMARTS) is 1. The van der Waals surface area contributed by atoms with E-state index in [1.807, 2.05) is 0 Å². The fourth-order valence-corrected chi connectivity index (χ4v) is 1.15. The van der Waals surface area contributed by atoms with Crippen molar-refractivity contribution < 1.29 is 24.9 Å². The first-order chi connectivity index (χ1) is 6.00. The summed E-state index contributed by atoms with van der Waals surface area (Å²) in [6.45, 7) is 0. The van der Waals surface area contributed by atoms with Gasteiger partial charge in [-0.1, -0.05) is 0 Å². The first-order valence-corrected chi connectivity index (χ1v) is 3.74. The highest BCUT2D eigenvalue weighted by molar-refractivity contribution is 5.58. The van der Waals surface area contributed by atoms with Crippen molar-refractivity contribution in [2.75, 3.05) is 0 Å². The molecule has 0 aliphatic heterocycles. The van der Waals surface area contributed by atoms with Gasteiger partial charge < -0.3 is 25.8 Å². The number of hydrogen-bond donors (Lipinski definition) is 4. The van der Waals surface area contributed by atoms with Gasteiger partial charge in [0.1, 0.15) is 5.76 Å². The molecule has 0 saturated heterocycles. The van der Waals surface area contributed by atoms with Gasteiger partial charge in [-0.05, 0) is 6.08 Å². The quantitative estimate of drug-likeness (QED) is 0.394. The van der Waals surface area contributed by atoms with Crippen molar-refractivity contribution in [3.05, 3.63) is 11.8 Å². The monoisotopic (exact) mass is 189 g/mol. The Kier molecular flexibility index (Phi) is 2.86. The van der Waals surface area contributed by atoms with Crippen molar-refractivity contribution in [3.63, 3.8) is 0 Å². The molecule has 0 aromatic carbocycles. The lowest BCUT2D eigenvalue weighted by molar-refractivity contribution is -0.00425. The normalized spacial score (nSPS) is 33.8. The molecule has 3 unspecified atom stereocenters. The van der Waals surface area contributed by atoms with Crippen LogP contribution in [0.2, 0.25) is 0 Å². The highest BCUT2D eigenvalue weighted by Gasteiger charge is 2.29. The van der Waals surface area contributed by atoms with Gasteiger partial charge in [0.2, 0.25) is 0 Å². The molecule has 13 heavy (non-hydrogen) atoms. The molecule has 3 atom stereocenters. The molecule has 0 aromatic rings. The lowest BCUT2D eigenvalue weighted by Crippen LogP contribution is -2.45. The maximum Gasteiger partial charge on any atom is 0.511 e. The maximum atomic E-state index is 10.1. The Balaban J connectivity index is 2.67. The second-order valence-electron chi connectivity index (χ2n) is 2.84. The number of aliphatic hydroxyl groups is 2. The first kappa shape index (κ1) is 9.97. The van der Waals surface area contributed by atoms with E-state index in [9.17, 15) is 15.0 Å². The SMILES string of the molecule is NC1C=C(OC(=O)O)CC(O)C1O. The Morgan fingerprint density at radius 1 is 1.62 bits per heavy atom. The number of nitrogens with two attached hydrogens (primary N) is 1. The molecule has 6 nitrogen and oxygen atoms in total. The average molecular weight is 189 g/mol. The first-order valence-electron chi connectivity index (χ1n) is 3.74. The van der Waals surface area contributed by atoms with E-state index in [-0.39, 0.29) is 12.2 Å². The average Bonchev–Trinajstić information content (AvgIpc) is 1.98. The molecule has 0 fully saturated rings. The molecular weight excluding hydrogens is 178 g/mol. The van der Waals surface area contributed by atoms with Crippen molar-refractivity contribution in [3.8, 4) is 0 Å². The second kappa shape index (κ2) is 3.73. The topological polar surface area (TPSA) is 113 Å². The van der Waals surface area contributed by atoms with Crippen LogP contribution in [0, 0.1) is 0 Å². The third-order valence-corrected chi connectivity index (χ3v) is 1.80. The van der Waals surface area contributed by atoms with Gasteiger partial charge in [0.25, 0.3) is 0 Å². The Morgan fingerprint density at radius 3 is 2.69 bits per heavy atom. The van der Waals surface area contributed by atoms with E-state index in [4.69, 9.17) is 10.8 Å². The summed E-state index contributed by atoms with van der Waals surface area (Å²) in [6, 6.07) is -0.793.